The lowest BCUT2D eigenvalue weighted by Crippen LogP contribution is -2.37. The van der Waals surface area contributed by atoms with E-state index in [-0.39, 0.29) is 32.5 Å². The molecule has 1 unspecified atom stereocenters. The van der Waals surface area contributed by atoms with E-state index in [9.17, 15) is 29.3 Å². The number of nitrogens with zero attached hydrogens (tertiary/aromatic N) is 1. The van der Waals surface area contributed by atoms with Crippen LogP contribution in [0.5, 0.6) is 0 Å². The summed E-state index contributed by atoms with van der Waals surface area (Å²) < 4.78 is 39.8. The number of ether oxygens (including phenoxy) is 2. The maximum absolute atomic E-state index is 12.7. The number of hydrogen-bond donors (Lipinski definition) is 2. The zero-order valence-corrected chi connectivity index (χ0v) is 38.3. The first-order valence-corrected chi connectivity index (χ1v) is 23.4. The monoisotopic (exact) mass is 852 g/mol. The summed E-state index contributed by atoms with van der Waals surface area (Å²) in [6.07, 6.45) is 26.4. The second kappa shape index (κ2) is 32.0. The quantitative estimate of drug-likeness (QED) is 0.0167. The Kier molecular flexibility index (Phi) is 29.4. The Morgan fingerprint density at radius 1 is 0.746 bits per heavy atom. The molecule has 1 aromatic heterocycles. The summed E-state index contributed by atoms with van der Waals surface area (Å²) in [6.45, 7) is 7.99. The zero-order valence-electron chi connectivity index (χ0n) is 37.4. The molecule has 1 heterocycles. The van der Waals surface area contributed by atoms with Gasteiger partial charge in [0.25, 0.3) is 7.82 Å². The predicted molar refractivity (Wildman–Crippen MR) is 233 cm³/mol. The van der Waals surface area contributed by atoms with Crippen LogP contribution in [0.15, 0.2) is 53.0 Å². The van der Waals surface area contributed by atoms with Gasteiger partial charge < -0.3 is 42.5 Å². The molecular weight excluding hydrogens is 773 g/mol. The molecule has 0 fully saturated rings. The van der Waals surface area contributed by atoms with E-state index in [0.29, 0.717) is 30.3 Å². The largest absolute Gasteiger partial charge is 0.756 e. The van der Waals surface area contributed by atoms with Crippen molar-refractivity contribution in [3.05, 3.63) is 71.3 Å². The minimum atomic E-state index is -4.71. The van der Waals surface area contributed by atoms with Crippen molar-refractivity contribution >= 4 is 19.8 Å². The van der Waals surface area contributed by atoms with Crippen LogP contribution >= 0.6 is 7.82 Å². The summed E-state index contributed by atoms with van der Waals surface area (Å²) in [4.78, 5) is 37.7. The Bertz CT molecular complexity index is 1460. The van der Waals surface area contributed by atoms with Gasteiger partial charge in [0.2, 0.25) is 0 Å². The lowest BCUT2D eigenvalue weighted by molar-refractivity contribution is -0.870. The second-order valence-electron chi connectivity index (χ2n) is 16.3. The minimum Gasteiger partial charge on any atom is -0.756 e. The molecule has 2 N–H and O–H groups in total. The molecule has 0 spiro atoms. The number of likely N-dealkylation sites (N-methyl/N-ethyl adjacent to an activating group) is 1. The van der Waals surface area contributed by atoms with E-state index in [2.05, 4.69) is 33.8 Å². The average Bonchev–Trinajstić information content (AvgIpc) is 3.43. The van der Waals surface area contributed by atoms with Crippen LogP contribution in [0.25, 0.3) is 0 Å². The average molecular weight is 852 g/mol. The Morgan fingerprint density at radius 3 is 2.03 bits per heavy atom. The van der Waals surface area contributed by atoms with Gasteiger partial charge in [-0.3, -0.25) is 14.2 Å². The van der Waals surface area contributed by atoms with Gasteiger partial charge in [0, 0.05) is 25.7 Å². The molecule has 0 bridgehead atoms. The standard InChI is InChI=1S/C46H78NO11P/c1-8-10-11-12-15-20-27-40(48)28-21-18-19-22-29-41(49)30-25-33-46(51)57-42(37-56-59(52,53)55-35-34-47(5,6)7)36-54-45(50)32-24-17-14-13-16-23-31-44-39(4)38(3)43(58-44)26-9-2/h15,18-22,28-29,40-42,48-49H,8-14,16-17,23-27,30-37H2,1-7H3/b19-18+,20-15-,28-21+,29-22-/t40-,41-,42+/m0/s1. The molecule has 0 amide bonds. The number of carbonyl (C=O) groups excluding carboxylic acids is 2. The highest BCUT2D eigenvalue weighted by Gasteiger charge is 2.22. The maximum Gasteiger partial charge on any atom is 0.306 e. The van der Waals surface area contributed by atoms with E-state index in [1.165, 1.54) is 24.0 Å². The smallest absolute Gasteiger partial charge is 0.306 e. The van der Waals surface area contributed by atoms with Gasteiger partial charge in [-0.05, 0) is 76.3 Å². The van der Waals surface area contributed by atoms with Crippen LogP contribution < -0.4 is 4.89 Å². The van der Waals surface area contributed by atoms with Crippen LogP contribution in [0.3, 0.4) is 0 Å². The maximum atomic E-state index is 12.7. The Hall–Kier alpha value is -2.83. The fourth-order valence-corrected chi connectivity index (χ4v) is 6.68. The van der Waals surface area contributed by atoms with Gasteiger partial charge in [-0.1, -0.05) is 101 Å². The molecule has 0 aliphatic rings. The molecule has 4 atom stereocenters. The highest BCUT2D eigenvalue weighted by molar-refractivity contribution is 7.45. The Morgan fingerprint density at radius 2 is 1.37 bits per heavy atom. The highest BCUT2D eigenvalue weighted by atomic mass is 31.2. The number of unbranched alkanes of at least 4 members (excludes halogenated alkanes) is 8. The number of allylic oxidation sites excluding steroid dienone is 5. The molecule has 12 nitrogen and oxygen atoms in total. The summed E-state index contributed by atoms with van der Waals surface area (Å²) in [6, 6.07) is 0. The van der Waals surface area contributed by atoms with Crippen molar-refractivity contribution in [2.75, 3.05) is 47.5 Å². The van der Waals surface area contributed by atoms with Gasteiger partial charge in [-0.2, -0.15) is 0 Å². The number of carbonyl (C=O) groups is 2. The molecule has 1 aromatic rings. The first-order valence-electron chi connectivity index (χ1n) is 21.9. The normalized spacial score (nSPS) is 15.1. The molecule has 0 radical (unpaired) electrons. The molecule has 0 aliphatic heterocycles. The topological polar surface area (TPSA) is 165 Å². The third-order valence-corrected chi connectivity index (χ3v) is 10.7. The van der Waals surface area contributed by atoms with Gasteiger partial charge in [0.1, 0.15) is 31.3 Å². The first kappa shape index (κ1) is 54.2. The van der Waals surface area contributed by atoms with E-state index in [0.717, 1.165) is 75.7 Å². The fourth-order valence-electron chi connectivity index (χ4n) is 5.95. The summed E-state index contributed by atoms with van der Waals surface area (Å²) in [5.74, 6) is 1.09. The zero-order chi connectivity index (χ0) is 43.9. The molecule has 0 saturated carbocycles. The molecule has 338 valence electrons. The summed E-state index contributed by atoms with van der Waals surface area (Å²) in [5, 5.41) is 20.4. The number of aliphatic hydroxyl groups is 2. The van der Waals surface area contributed by atoms with Gasteiger partial charge >= 0.3 is 11.9 Å². The number of phosphoric acid groups is 1. The minimum absolute atomic E-state index is 0.0471. The van der Waals surface area contributed by atoms with E-state index >= 15 is 0 Å². The van der Waals surface area contributed by atoms with E-state index < -0.39 is 44.7 Å². The van der Waals surface area contributed by atoms with Gasteiger partial charge in [-0.15, -0.1) is 0 Å². The first-order chi connectivity index (χ1) is 28.1. The summed E-state index contributed by atoms with van der Waals surface area (Å²) >= 11 is 0. The van der Waals surface area contributed by atoms with Crippen molar-refractivity contribution < 1.29 is 56.7 Å². The van der Waals surface area contributed by atoms with Crippen LogP contribution in [0.1, 0.15) is 139 Å². The number of phosphoric ester groups is 1. The van der Waals surface area contributed by atoms with Crippen LogP contribution in [-0.4, -0.2) is 92.5 Å². The number of aliphatic hydroxyl groups excluding tert-OH is 2. The van der Waals surface area contributed by atoms with Crippen LogP contribution in [0, 0.1) is 13.8 Å². The van der Waals surface area contributed by atoms with Crippen LogP contribution in [0.2, 0.25) is 0 Å². The van der Waals surface area contributed by atoms with Crippen molar-refractivity contribution in [1.29, 1.82) is 0 Å². The van der Waals surface area contributed by atoms with Crippen molar-refractivity contribution in [1.82, 2.24) is 0 Å². The van der Waals surface area contributed by atoms with E-state index in [1.807, 2.05) is 27.2 Å². The molecule has 0 aliphatic carbocycles. The molecule has 59 heavy (non-hydrogen) atoms. The third kappa shape index (κ3) is 29.1. The van der Waals surface area contributed by atoms with Crippen LogP contribution in [0.4, 0.5) is 0 Å². The lowest BCUT2D eigenvalue weighted by atomic mass is 10.0. The van der Waals surface area contributed by atoms with Gasteiger partial charge in [0.05, 0.1) is 40.0 Å². The molecule has 13 heteroatoms. The molecule has 0 saturated heterocycles. The van der Waals surface area contributed by atoms with Crippen molar-refractivity contribution in [3.8, 4) is 0 Å². The lowest BCUT2D eigenvalue weighted by Gasteiger charge is -2.28. The predicted octanol–water partition coefficient (Wildman–Crippen LogP) is 8.87. The number of aryl methyl sites for hydroxylation is 2. The Balaban J connectivity index is 2.49. The summed E-state index contributed by atoms with van der Waals surface area (Å²) in [7, 11) is 0.975. The summed E-state index contributed by atoms with van der Waals surface area (Å²) in [5.41, 5.74) is 2.54. The number of rotatable bonds is 35. The van der Waals surface area contributed by atoms with E-state index in [4.69, 9.17) is 22.9 Å². The fraction of sp³-hybridized carbons (Fsp3) is 0.696. The van der Waals surface area contributed by atoms with Gasteiger partial charge in [0.15, 0.2) is 6.10 Å². The SMILES string of the molecule is CCCCC/C=C\C[C@H](O)/C=C/C=C/C=C\[C@H](O)CCCC(=O)O[C@H](COC(=O)CCCCCCCCc1oc(CCC)c(C)c1C)COP(=O)([O-])OCC[N+](C)(C)C. The second-order valence-corrected chi connectivity index (χ2v) is 17.8. The van der Waals surface area contributed by atoms with Crippen molar-refractivity contribution in [2.45, 2.75) is 162 Å². The number of hydrogen-bond acceptors (Lipinski definition) is 11. The van der Waals surface area contributed by atoms with Crippen molar-refractivity contribution in [2.24, 2.45) is 0 Å². The van der Waals surface area contributed by atoms with Crippen LogP contribution in [-0.2, 0) is 45.5 Å². The number of furan rings is 1. The van der Waals surface area contributed by atoms with Gasteiger partial charge in [-0.25, -0.2) is 0 Å². The molecule has 0 aromatic carbocycles. The number of quaternary nitrogens is 1. The van der Waals surface area contributed by atoms with Crippen molar-refractivity contribution in [3.63, 3.8) is 0 Å². The number of esters is 2. The third-order valence-electron chi connectivity index (χ3n) is 9.71. The van der Waals surface area contributed by atoms with E-state index in [1.54, 1.807) is 36.5 Å². The highest BCUT2D eigenvalue weighted by Crippen LogP contribution is 2.38. The molecule has 1 rings (SSSR count). The Labute approximate surface area is 355 Å². The molecular formula is C46H78NO11P.